The van der Waals surface area contributed by atoms with Gasteiger partial charge in [0.25, 0.3) is 5.91 Å². The number of pyridine rings is 1. The van der Waals surface area contributed by atoms with Gasteiger partial charge in [-0.25, -0.2) is 4.98 Å². The largest absolute Gasteiger partial charge is 0.475 e. The molecule has 0 saturated carbocycles. The fraction of sp³-hybridized carbons (Fsp3) is 0.270. The summed E-state index contributed by atoms with van der Waals surface area (Å²) in [7, 11) is 0. The molecule has 5 aromatic rings. The molecule has 0 unspecified atom stereocenters. The summed E-state index contributed by atoms with van der Waals surface area (Å²) >= 11 is 12.6. The second kappa shape index (κ2) is 16.0. The van der Waals surface area contributed by atoms with Crippen LogP contribution < -0.4 is 15.4 Å². The van der Waals surface area contributed by atoms with E-state index >= 15 is 0 Å². The molecule has 0 aliphatic carbocycles. The number of ether oxygens (including phenoxy) is 2. The minimum Gasteiger partial charge on any atom is -0.475 e. The smallest absolute Gasteiger partial charge is 0.307 e. The van der Waals surface area contributed by atoms with E-state index in [1.54, 1.807) is 43.5 Å². The highest BCUT2D eigenvalue weighted by Crippen LogP contribution is 2.32. The van der Waals surface area contributed by atoms with E-state index in [0.29, 0.717) is 45.4 Å². The Morgan fingerprint density at radius 2 is 1.65 bits per heavy atom. The summed E-state index contributed by atoms with van der Waals surface area (Å²) in [5, 5.41) is 15.7. The van der Waals surface area contributed by atoms with Crippen LogP contribution >= 0.6 is 23.2 Å². The lowest BCUT2D eigenvalue weighted by atomic mass is 9.97. The van der Waals surface area contributed by atoms with Crippen LogP contribution in [0.25, 0.3) is 22.6 Å². The summed E-state index contributed by atoms with van der Waals surface area (Å²) in [6, 6.07) is 23.8. The Labute approximate surface area is 295 Å². The summed E-state index contributed by atoms with van der Waals surface area (Å²) in [4.78, 5) is 28.7. The van der Waals surface area contributed by atoms with E-state index in [1.165, 1.54) is 0 Å². The number of benzene rings is 3. The zero-order chi connectivity index (χ0) is 35.0. The maximum Gasteiger partial charge on any atom is 0.307 e. The van der Waals surface area contributed by atoms with Gasteiger partial charge in [0.05, 0.1) is 24.6 Å². The zero-order valence-electron chi connectivity index (χ0n) is 27.6. The van der Waals surface area contributed by atoms with Gasteiger partial charge in [-0.1, -0.05) is 74.3 Å². The number of halogens is 2. The maximum atomic E-state index is 12.6. The monoisotopic (exact) mass is 701 g/mol. The molecule has 254 valence electrons. The molecular formula is C37H37Cl2N5O5. The third kappa shape index (κ3) is 9.58. The van der Waals surface area contributed by atoms with E-state index in [1.807, 2.05) is 69.3 Å². The molecule has 0 bridgehead atoms. The first-order valence-corrected chi connectivity index (χ1v) is 16.5. The summed E-state index contributed by atoms with van der Waals surface area (Å²) in [5.74, 6) is 0.722. The van der Waals surface area contributed by atoms with Crippen molar-refractivity contribution in [2.45, 2.75) is 45.6 Å². The van der Waals surface area contributed by atoms with Gasteiger partial charge in [0, 0.05) is 51.1 Å². The molecule has 0 aliphatic heterocycles. The first kappa shape index (κ1) is 35.4. The van der Waals surface area contributed by atoms with E-state index in [-0.39, 0.29) is 42.9 Å². The number of nitrogens with one attached hydrogen (secondary N) is 2. The summed E-state index contributed by atoms with van der Waals surface area (Å²) < 4.78 is 16.9. The van der Waals surface area contributed by atoms with Gasteiger partial charge in [0.2, 0.25) is 17.7 Å². The molecule has 0 saturated heterocycles. The fourth-order valence-corrected chi connectivity index (χ4v) is 5.29. The van der Waals surface area contributed by atoms with Crippen molar-refractivity contribution in [3.63, 3.8) is 0 Å². The predicted octanol–water partition coefficient (Wildman–Crippen LogP) is 8.32. The van der Waals surface area contributed by atoms with Gasteiger partial charge >= 0.3 is 5.97 Å². The van der Waals surface area contributed by atoms with Crippen molar-refractivity contribution >= 4 is 40.8 Å². The molecule has 0 radical (unpaired) electrons. The lowest BCUT2D eigenvalue weighted by Crippen LogP contribution is -2.26. The number of amides is 1. The normalized spacial score (nSPS) is 11.9. The summed E-state index contributed by atoms with van der Waals surface area (Å²) in [6.07, 6.45) is 1.75. The zero-order valence-corrected chi connectivity index (χ0v) is 29.1. The molecule has 10 nitrogen and oxygen atoms in total. The topological polar surface area (TPSA) is 128 Å². The van der Waals surface area contributed by atoms with Crippen LogP contribution in [0.3, 0.4) is 0 Å². The SMILES string of the molecule is CCOC(=O)CCNC(=O)c1ccc(N[C@H](COc2ccc(-c3nnc(C(C)(C)C)o3)cn2)c2ccc(-c3ccc(Cl)cc3Cl)cc2)cc1. The molecule has 0 spiro atoms. The Hall–Kier alpha value is -4.93. The lowest BCUT2D eigenvalue weighted by molar-refractivity contribution is -0.142. The standard InChI is InChI=1S/C37H37Cl2N5O5/c1-5-47-33(45)18-19-40-34(46)25-10-14-28(15-11-25)42-31(24-8-6-23(7-9-24)29-16-13-27(38)20-30(29)39)22-48-32-17-12-26(21-41-32)35-43-44-36(49-35)37(2,3)4/h6-17,20-21,31,42H,5,18-19,22H2,1-4H3,(H,40,46)/t31-/m1/s1. The number of esters is 1. The van der Waals surface area contributed by atoms with E-state index in [4.69, 9.17) is 37.1 Å². The number of hydrogen-bond donors (Lipinski definition) is 2. The predicted molar refractivity (Wildman–Crippen MR) is 190 cm³/mol. The number of nitrogens with zero attached hydrogens (tertiary/aromatic N) is 3. The molecule has 2 N–H and O–H groups in total. The number of carbonyl (C=O) groups is 2. The molecule has 0 aliphatic rings. The minimum absolute atomic E-state index is 0.108. The van der Waals surface area contributed by atoms with Crippen LogP contribution in [-0.4, -0.2) is 46.8 Å². The van der Waals surface area contributed by atoms with Crippen molar-refractivity contribution in [2.24, 2.45) is 0 Å². The molecule has 0 fully saturated rings. The van der Waals surface area contributed by atoms with Gasteiger partial charge in [-0.15, -0.1) is 10.2 Å². The van der Waals surface area contributed by atoms with Crippen LogP contribution in [0.4, 0.5) is 5.69 Å². The van der Waals surface area contributed by atoms with Crippen LogP contribution in [0.1, 0.15) is 62.0 Å². The van der Waals surface area contributed by atoms with Crippen LogP contribution in [0.15, 0.2) is 89.5 Å². The summed E-state index contributed by atoms with van der Waals surface area (Å²) in [6.45, 7) is 8.49. The van der Waals surface area contributed by atoms with Gasteiger partial charge in [0.1, 0.15) is 6.61 Å². The highest BCUT2D eigenvalue weighted by Gasteiger charge is 2.22. The molecule has 1 atom stereocenters. The molecule has 12 heteroatoms. The Morgan fingerprint density at radius 3 is 2.29 bits per heavy atom. The molecule has 49 heavy (non-hydrogen) atoms. The Kier molecular flexibility index (Phi) is 11.5. The number of hydrogen-bond acceptors (Lipinski definition) is 9. The van der Waals surface area contributed by atoms with Crippen molar-refractivity contribution in [1.82, 2.24) is 20.5 Å². The van der Waals surface area contributed by atoms with E-state index in [2.05, 4.69) is 25.8 Å². The second-order valence-corrected chi connectivity index (χ2v) is 13.0. The van der Waals surface area contributed by atoms with Crippen LogP contribution in [0, 0.1) is 0 Å². The van der Waals surface area contributed by atoms with Crippen LogP contribution in [0.2, 0.25) is 10.0 Å². The van der Waals surface area contributed by atoms with E-state index in [9.17, 15) is 9.59 Å². The first-order chi connectivity index (χ1) is 23.5. The Bertz CT molecular complexity index is 1870. The molecule has 2 aromatic heterocycles. The Morgan fingerprint density at radius 1 is 0.918 bits per heavy atom. The Balaban J connectivity index is 1.30. The third-order valence-electron chi connectivity index (χ3n) is 7.41. The number of rotatable bonds is 13. The number of carbonyl (C=O) groups excluding carboxylic acids is 2. The van der Waals surface area contributed by atoms with Gasteiger partial charge < -0.3 is 24.5 Å². The lowest BCUT2D eigenvalue weighted by Gasteiger charge is -2.21. The van der Waals surface area contributed by atoms with E-state index < -0.39 is 0 Å². The number of anilines is 1. The van der Waals surface area contributed by atoms with Crippen molar-refractivity contribution in [2.75, 3.05) is 25.1 Å². The second-order valence-electron chi connectivity index (χ2n) is 12.2. The average Bonchev–Trinajstić information content (AvgIpc) is 3.59. The first-order valence-electron chi connectivity index (χ1n) is 15.8. The van der Waals surface area contributed by atoms with Gasteiger partial charge in [-0.3, -0.25) is 9.59 Å². The van der Waals surface area contributed by atoms with Crippen molar-refractivity contribution in [3.05, 3.63) is 112 Å². The third-order valence-corrected chi connectivity index (χ3v) is 7.96. The van der Waals surface area contributed by atoms with Crippen molar-refractivity contribution < 1.29 is 23.5 Å². The highest BCUT2D eigenvalue weighted by atomic mass is 35.5. The van der Waals surface area contributed by atoms with Gasteiger partial charge in [-0.05, 0) is 60.5 Å². The fourth-order valence-electron chi connectivity index (χ4n) is 4.78. The maximum absolute atomic E-state index is 12.6. The van der Waals surface area contributed by atoms with Crippen molar-refractivity contribution in [3.8, 4) is 28.5 Å². The molecule has 1 amide bonds. The molecular weight excluding hydrogens is 665 g/mol. The van der Waals surface area contributed by atoms with E-state index in [0.717, 1.165) is 22.4 Å². The number of aromatic nitrogens is 3. The van der Waals surface area contributed by atoms with Crippen LogP contribution in [0.5, 0.6) is 5.88 Å². The van der Waals surface area contributed by atoms with Crippen LogP contribution in [-0.2, 0) is 14.9 Å². The van der Waals surface area contributed by atoms with Gasteiger partial charge in [0.15, 0.2) is 0 Å². The minimum atomic E-state index is -0.354. The summed E-state index contributed by atoms with van der Waals surface area (Å²) in [5.41, 5.74) is 4.42. The van der Waals surface area contributed by atoms with Crippen molar-refractivity contribution in [1.29, 1.82) is 0 Å². The average molecular weight is 703 g/mol. The highest BCUT2D eigenvalue weighted by molar-refractivity contribution is 6.36. The molecule has 5 rings (SSSR count). The molecule has 2 heterocycles. The molecule has 3 aromatic carbocycles. The van der Waals surface area contributed by atoms with Gasteiger partial charge in [-0.2, -0.15) is 0 Å². The quantitative estimate of drug-likeness (QED) is 0.116.